The molecular weight excluding hydrogens is 679 g/mol. The Morgan fingerprint density at radius 3 is 2.41 bits per heavy atom. The second-order valence-electron chi connectivity index (χ2n) is 21.0. The predicted molar refractivity (Wildman–Crippen MR) is 209 cm³/mol. The average Bonchev–Trinajstić information content (AvgIpc) is 3.57. The highest BCUT2D eigenvalue weighted by molar-refractivity contribution is 5.73. The fraction of sp³-hybridized carbons (Fsp3) is 0.773. The number of fused-ring (bicyclic) bond motifs is 3. The molecule has 2 bridgehead atoms. The van der Waals surface area contributed by atoms with Crippen LogP contribution in [0.1, 0.15) is 121 Å². The number of nitrogens with two attached hydrogens (primary N) is 1. The fourth-order valence-corrected chi connectivity index (χ4v) is 12.9. The van der Waals surface area contributed by atoms with E-state index in [1.165, 1.54) is 18.0 Å². The van der Waals surface area contributed by atoms with Crippen molar-refractivity contribution in [2.24, 2.45) is 67.8 Å². The van der Waals surface area contributed by atoms with Crippen molar-refractivity contribution in [2.75, 3.05) is 19.8 Å². The molecule has 4 aliphatic carbocycles. The van der Waals surface area contributed by atoms with E-state index >= 15 is 0 Å². The maximum absolute atomic E-state index is 13.6. The van der Waals surface area contributed by atoms with Crippen LogP contribution in [0.25, 0.3) is 11.4 Å². The number of carboxylic acid groups (broad SMARTS) is 1. The minimum absolute atomic E-state index is 0.183. The van der Waals surface area contributed by atoms with E-state index in [1.807, 2.05) is 0 Å². The summed E-state index contributed by atoms with van der Waals surface area (Å²) in [5, 5.41) is 28.1. The van der Waals surface area contributed by atoms with Crippen LogP contribution in [-0.4, -0.2) is 57.3 Å². The zero-order valence-electron chi connectivity index (χ0n) is 34.8. The summed E-state index contributed by atoms with van der Waals surface area (Å²) < 4.78 is 16.8. The van der Waals surface area contributed by atoms with Crippen LogP contribution >= 0.6 is 0 Å². The Hall–Kier alpha value is -2.82. The molecule has 3 heterocycles. The number of pyridine rings is 1. The lowest BCUT2D eigenvalue weighted by Gasteiger charge is -2.71. The monoisotopic (exact) mass is 746 g/mol. The van der Waals surface area contributed by atoms with Crippen LogP contribution in [0.2, 0.25) is 0 Å². The van der Waals surface area contributed by atoms with Crippen LogP contribution in [0.4, 0.5) is 0 Å². The van der Waals surface area contributed by atoms with Gasteiger partial charge < -0.3 is 25.5 Å². The number of aromatic nitrogens is 4. The van der Waals surface area contributed by atoms with Gasteiger partial charge in [0.2, 0.25) is 0 Å². The quantitative estimate of drug-likeness (QED) is 0.158. The van der Waals surface area contributed by atoms with Gasteiger partial charge in [-0.15, -0.1) is 0 Å². The lowest BCUT2D eigenvalue weighted by molar-refractivity contribution is -0.605. The smallest absolute Gasteiger partial charge is 0.307 e. The molecule has 5 aliphatic rings. The van der Waals surface area contributed by atoms with Crippen molar-refractivity contribution in [3.63, 3.8) is 0 Å². The Kier molecular flexibility index (Phi) is 9.38. The molecule has 54 heavy (non-hydrogen) atoms. The summed E-state index contributed by atoms with van der Waals surface area (Å²) in [5.74, 6) is 0.875. The van der Waals surface area contributed by atoms with Crippen LogP contribution < -0.4 is 10.5 Å². The van der Waals surface area contributed by atoms with E-state index in [2.05, 4.69) is 86.9 Å². The summed E-state index contributed by atoms with van der Waals surface area (Å²) in [6.07, 6.45) is 12.4. The zero-order valence-corrected chi connectivity index (χ0v) is 34.8. The first-order valence-electron chi connectivity index (χ1n) is 20.6. The largest absolute Gasteiger partial charge is 0.619 e. The van der Waals surface area contributed by atoms with E-state index in [1.54, 1.807) is 18.5 Å². The highest BCUT2D eigenvalue weighted by atomic mass is 16.5. The van der Waals surface area contributed by atoms with E-state index in [0.29, 0.717) is 37.5 Å². The Morgan fingerprint density at radius 2 is 1.78 bits per heavy atom. The molecule has 0 aromatic carbocycles. The molecule has 10 nitrogen and oxygen atoms in total. The predicted octanol–water partition coefficient (Wildman–Crippen LogP) is 7.86. The number of hydrogen-bond acceptors (Lipinski definition) is 7. The van der Waals surface area contributed by atoms with Gasteiger partial charge in [0.25, 0.3) is 0 Å². The number of hydrogen-bond donors (Lipinski definition) is 2. The number of aliphatic carboxylic acids is 1. The molecule has 3 saturated carbocycles. The summed E-state index contributed by atoms with van der Waals surface area (Å²) in [6.45, 7) is 26.3. The molecule has 3 N–H and O–H groups in total. The first-order chi connectivity index (χ1) is 25.1. The molecule has 2 aromatic heterocycles. The third-order valence-electron chi connectivity index (χ3n) is 17.3. The topological polar surface area (TPSA) is 139 Å². The molecule has 2 aromatic rings. The lowest BCUT2D eigenvalue weighted by atomic mass is 9.34. The van der Waals surface area contributed by atoms with E-state index in [9.17, 15) is 15.1 Å². The molecular formula is C44H67N5O5. The maximum Gasteiger partial charge on any atom is 0.307 e. The van der Waals surface area contributed by atoms with Gasteiger partial charge in [0.1, 0.15) is 6.33 Å². The third kappa shape index (κ3) is 5.49. The van der Waals surface area contributed by atoms with Crippen molar-refractivity contribution in [3.8, 4) is 11.4 Å². The SMILES string of the molecule is CC(C)[C@@H](C)[C@@]1(C)CC[C@]2(C)[C@H]3CC[C@@H]4[C@@]5(COC[C@@]4(C)[C@@H](OC[C@](C)(N)C(C)(C)C)[C@H](n4ncnc4-c4cc[n+]([O-])cc4)C5)C3=CC[C@@]2(C)[C@@H]1C(=O)O. The highest BCUT2D eigenvalue weighted by Gasteiger charge is 2.72. The van der Waals surface area contributed by atoms with Crippen molar-refractivity contribution in [1.82, 2.24) is 14.8 Å². The van der Waals surface area contributed by atoms with E-state index < -0.39 is 22.8 Å². The number of carboxylic acids is 1. The average molecular weight is 746 g/mol. The number of carbonyl (C=O) groups is 1. The first-order valence-corrected chi connectivity index (χ1v) is 20.6. The van der Waals surface area contributed by atoms with Crippen LogP contribution in [0.15, 0.2) is 42.5 Å². The summed E-state index contributed by atoms with van der Waals surface area (Å²) in [7, 11) is 0. The molecule has 0 amide bonds. The van der Waals surface area contributed by atoms with Gasteiger partial charge in [-0.2, -0.15) is 9.83 Å². The van der Waals surface area contributed by atoms with Crippen LogP contribution in [0, 0.1) is 67.3 Å². The van der Waals surface area contributed by atoms with Crippen molar-refractivity contribution in [3.05, 3.63) is 47.7 Å². The fourth-order valence-electron chi connectivity index (χ4n) is 12.9. The van der Waals surface area contributed by atoms with Gasteiger partial charge in [0, 0.05) is 34.1 Å². The molecule has 12 atom stereocenters. The molecule has 1 aliphatic heterocycles. The standard InChI is InChI=1S/C44H67N5O5/c1-27(2)28(3)39(7)18-19-41(9)30-12-13-33-40(8)23-53-25-44(33,31(30)14-17-42(41,10)34(39)37(50)51)22-32(35(40)54-24-43(11,45)38(4,5)6)49-36(46-26-47-49)29-15-20-48(52)21-16-29/h14-16,20-21,26-28,30,32-35H,12-13,17-19,22-25,45H2,1-11H3,(H,50,51)/t28-,30+,32-,33+,34-,35+,39-,40-,41-,42+,43+,44+/m1/s1. The normalized spacial score (nSPS) is 40.8. The van der Waals surface area contributed by atoms with Crippen LogP contribution in [0.5, 0.6) is 0 Å². The number of allylic oxidation sites excluding steroid dienone is 1. The van der Waals surface area contributed by atoms with Gasteiger partial charge in [0.15, 0.2) is 18.2 Å². The Balaban J connectivity index is 1.35. The first kappa shape index (κ1) is 39.4. The molecule has 298 valence electrons. The zero-order chi connectivity index (χ0) is 39.4. The van der Waals surface area contributed by atoms with Crippen molar-refractivity contribution in [2.45, 2.75) is 132 Å². The summed E-state index contributed by atoms with van der Waals surface area (Å²) in [4.78, 5) is 18.3. The summed E-state index contributed by atoms with van der Waals surface area (Å²) in [6, 6.07) is 3.41. The maximum atomic E-state index is 13.6. The Labute approximate surface area is 323 Å². The van der Waals surface area contributed by atoms with E-state index in [-0.39, 0.29) is 51.1 Å². The van der Waals surface area contributed by atoms with Crippen molar-refractivity contribution in [1.29, 1.82) is 0 Å². The van der Waals surface area contributed by atoms with Crippen LogP contribution in [0.3, 0.4) is 0 Å². The van der Waals surface area contributed by atoms with Gasteiger partial charge in [-0.05, 0) is 90.8 Å². The molecule has 1 saturated heterocycles. The minimum atomic E-state index is -0.641. The number of nitrogens with zero attached hydrogens (tertiary/aromatic N) is 4. The van der Waals surface area contributed by atoms with Crippen molar-refractivity contribution < 1.29 is 24.1 Å². The molecule has 0 radical (unpaired) electrons. The number of ether oxygens (including phenoxy) is 2. The van der Waals surface area contributed by atoms with Gasteiger partial charge in [-0.1, -0.05) is 80.9 Å². The Bertz CT molecular complexity index is 1780. The van der Waals surface area contributed by atoms with Crippen LogP contribution in [-0.2, 0) is 14.3 Å². The van der Waals surface area contributed by atoms with E-state index in [0.717, 1.165) is 48.8 Å². The molecule has 10 heteroatoms. The van der Waals surface area contributed by atoms with Gasteiger partial charge >= 0.3 is 5.97 Å². The van der Waals surface area contributed by atoms with Gasteiger partial charge in [-0.25, -0.2) is 9.67 Å². The molecule has 0 unspecified atom stereocenters. The number of rotatable bonds is 8. The van der Waals surface area contributed by atoms with Gasteiger partial charge in [0.05, 0.1) is 37.9 Å². The van der Waals surface area contributed by atoms with E-state index in [4.69, 9.17) is 25.3 Å². The highest BCUT2D eigenvalue weighted by Crippen LogP contribution is 2.75. The molecule has 4 fully saturated rings. The van der Waals surface area contributed by atoms with Gasteiger partial charge in [-0.3, -0.25) is 4.79 Å². The summed E-state index contributed by atoms with van der Waals surface area (Å²) in [5.41, 5.74) is 7.02. The molecule has 7 rings (SSSR count). The van der Waals surface area contributed by atoms with Crippen molar-refractivity contribution >= 4 is 5.97 Å². The second-order valence-corrected chi connectivity index (χ2v) is 21.0. The Morgan fingerprint density at radius 1 is 1.09 bits per heavy atom. The summed E-state index contributed by atoms with van der Waals surface area (Å²) >= 11 is 0. The minimum Gasteiger partial charge on any atom is -0.619 e. The lowest BCUT2D eigenvalue weighted by Crippen LogP contribution is -2.69. The third-order valence-corrected chi connectivity index (χ3v) is 17.3. The molecule has 0 spiro atoms. The second kappa shape index (κ2) is 12.9.